The van der Waals surface area contributed by atoms with E-state index >= 15 is 0 Å². The molecular formula is H2O6S3. The molecule has 0 radical (unpaired) electrons. The van der Waals surface area contributed by atoms with Crippen molar-refractivity contribution in [2.75, 3.05) is 0 Å². The SMILES string of the molecule is O=S(=O)(O)OS(=O)(=O)S. The van der Waals surface area contributed by atoms with Gasteiger partial charge < -0.3 is 0 Å². The minimum absolute atomic E-state index is 2.66. The van der Waals surface area contributed by atoms with Crippen LogP contribution in [0.3, 0.4) is 0 Å². The van der Waals surface area contributed by atoms with Crippen molar-refractivity contribution in [1.82, 2.24) is 0 Å². The van der Waals surface area contributed by atoms with Gasteiger partial charge in [0.15, 0.2) is 0 Å². The van der Waals surface area contributed by atoms with Gasteiger partial charge in [-0.15, -0.1) is 3.63 Å². The Bertz CT molecular complexity index is 233. The maximum absolute atomic E-state index is 9.75. The van der Waals surface area contributed by atoms with Gasteiger partial charge in [-0.25, -0.2) is 0 Å². The Morgan fingerprint density at radius 3 is 1.56 bits per heavy atom. The molecule has 0 atom stereocenters. The van der Waals surface area contributed by atoms with E-state index in [0.29, 0.717) is 0 Å². The zero-order valence-electron chi connectivity index (χ0n) is 3.75. The van der Waals surface area contributed by atoms with Crippen molar-refractivity contribution in [2.24, 2.45) is 0 Å². The second-order valence-electron chi connectivity index (χ2n) is 0.924. The van der Waals surface area contributed by atoms with Crippen molar-refractivity contribution >= 4 is 31.2 Å². The summed E-state index contributed by atoms with van der Waals surface area (Å²) in [6.45, 7) is 0. The smallest absolute Gasteiger partial charge is 0.263 e. The van der Waals surface area contributed by atoms with E-state index in [0.717, 1.165) is 0 Å². The van der Waals surface area contributed by atoms with Crippen molar-refractivity contribution in [3.05, 3.63) is 0 Å². The van der Waals surface area contributed by atoms with Gasteiger partial charge in [0.2, 0.25) is 0 Å². The van der Waals surface area contributed by atoms with Crippen LogP contribution in [0, 0.1) is 0 Å². The minimum Gasteiger partial charge on any atom is -0.263 e. The van der Waals surface area contributed by atoms with Crippen LogP contribution < -0.4 is 0 Å². The van der Waals surface area contributed by atoms with Crippen LogP contribution >= 0.6 is 11.7 Å². The molecule has 0 saturated carbocycles. The summed E-state index contributed by atoms with van der Waals surface area (Å²) in [4.78, 5) is 0. The predicted octanol–water partition coefficient (Wildman–Crippen LogP) is -1.02. The molecule has 9 heteroatoms. The van der Waals surface area contributed by atoms with Gasteiger partial charge in [-0.3, -0.25) is 4.55 Å². The van der Waals surface area contributed by atoms with Crippen LogP contribution in [0.1, 0.15) is 0 Å². The van der Waals surface area contributed by atoms with E-state index in [2.05, 4.69) is 15.3 Å². The average Bonchev–Trinajstić information content (AvgIpc) is 1.14. The van der Waals surface area contributed by atoms with Crippen molar-refractivity contribution < 1.29 is 25.0 Å². The van der Waals surface area contributed by atoms with Gasteiger partial charge >= 0.3 is 19.5 Å². The van der Waals surface area contributed by atoms with Crippen LogP contribution in [0.15, 0.2) is 0 Å². The van der Waals surface area contributed by atoms with E-state index in [-0.39, 0.29) is 0 Å². The zero-order chi connectivity index (χ0) is 7.71. The number of thiol groups is 1. The van der Waals surface area contributed by atoms with Gasteiger partial charge in [0.1, 0.15) is 0 Å². The normalized spacial score (nSPS) is 13.6. The summed E-state index contributed by atoms with van der Waals surface area (Å²) >= 11 is 2.66. The molecule has 0 aromatic heterocycles. The molecule has 0 fully saturated rings. The fraction of sp³-hybridized carbons (Fsp3) is 0. The second kappa shape index (κ2) is 2.42. The largest absolute Gasteiger partial charge is 0.412 e. The molecule has 9 heavy (non-hydrogen) atoms. The highest BCUT2D eigenvalue weighted by atomic mass is 33.1. The first kappa shape index (κ1) is 9.17. The molecule has 1 N–H and O–H groups in total. The van der Waals surface area contributed by atoms with E-state index in [1.54, 1.807) is 0 Å². The highest BCUT2D eigenvalue weighted by Crippen LogP contribution is 2.01. The van der Waals surface area contributed by atoms with Gasteiger partial charge in [-0.1, -0.05) is 0 Å². The van der Waals surface area contributed by atoms with Gasteiger partial charge in [0.05, 0.1) is 0 Å². The van der Waals surface area contributed by atoms with Crippen LogP contribution in [0.2, 0.25) is 0 Å². The molecule has 0 aliphatic rings. The molecule has 0 spiro atoms. The van der Waals surface area contributed by atoms with Crippen LogP contribution in [-0.2, 0) is 23.2 Å². The molecule has 0 saturated heterocycles. The lowest BCUT2D eigenvalue weighted by atomic mass is 15.8. The average molecular weight is 194 g/mol. The number of rotatable bonds is 2. The van der Waals surface area contributed by atoms with E-state index in [9.17, 15) is 16.8 Å². The van der Waals surface area contributed by atoms with Crippen LogP contribution in [0.4, 0.5) is 0 Å². The standard InChI is InChI=1S/H2O6S3/c1-8(2,3)6-9(4,5)7/h(H,1,2,3)(H,4,5,7). The minimum atomic E-state index is -4.95. The number of hydrogen-bond donors (Lipinski definition) is 2. The Morgan fingerprint density at radius 2 is 1.56 bits per heavy atom. The lowest BCUT2D eigenvalue weighted by molar-refractivity contribution is 0.389. The molecule has 0 bridgehead atoms. The Morgan fingerprint density at radius 1 is 1.22 bits per heavy atom. The maximum Gasteiger partial charge on any atom is 0.412 e. The monoisotopic (exact) mass is 194 g/mol. The molecule has 0 unspecified atom stereocenters. The summed E-state index contributed by atoms with van der Waals surface area (Å²) in [6, 6.07) is 0. The molecule has 0 heterocycles. The van der Waals surface area contributed by atoms with Crippen LogP contribution in [0.5, 0.6) is 0 Å². The van der Waals surface area contributed by atoms with Crippen LogP contribution in [0.25, 0.3) is 0 Å². The Kier molecular flexibility index (Phi) is 2.47. The second-order valence-corrected chi connectivity index (χ2v) is 4.52. The molecular weight excluding hydrogens is 192 g/mol. The third-order valence-corrected chi connectivity index (χ3v) is 2.10. The molecule has 0 aromatic carbocycles. The molecule has 56 valence electrons. The van der Waals surface area contributed by atoms with Crippen molar-refractivity contribution in [1.29, 1.82) is 0 Å². The topological polar surface area (TPSA) is 97.7 Å². The van der Waals surface area contributed by atoms with Gasteiger partial charge in [0.25, 0.3) is 0 Å². The summed E-state index contributed by atoms with van der Waals surface area (Å²) < 4.78 is 49.3. The highest BCUT2D eigenvalue weighted by molar-refractivity contribution is 8.62. The summed E-state index contributed by atoms with van der Waals surface area (Å²) in [6.07, 6.45) is 0. The van der Waals surface area contributed by atoms with E-state index in [1.165, 1.54) is 0 Å². The quantitative estimate of drug-likeness (QED) is 0.332. The van der Waals surface area contributed by atoms with Gasteiger partial charge in [0, 0.05) is 0 Å². The predicted molar refractivity (Wildman–Crippen MR) is 30.5 cm³/mol. The first-order valence-electron chi connectivity index (χ1n) is 1.37. The Labute approximate surface area is 56.7 Å². The Balaban J connectivity index is 4.46. The molecule has 0 aromatic rings. The summed E-state index contributed by atoms with van der Waals surface area (Å²) in [5, 5.41) is 0. The molecule has 6 nitrogen and oxygen atoms in total. The molecule has 0 aliphatic heterocycles. The lowest BCUT2D eigenvalue weighted by Gasteiger charge is -1.90. The van der Waals surface area contributed by atoms with Crippen molar-refractivity contribution in [2.45, 2.75) is 0 Å². The van der Waals surface area contributed by atoms with Crippen molar-refractivity contribution in [3.8, 4) is 0 Å². The number of hydrogen-bond acceptors (Lipinski definition) is 5. The fourth-order valence-corrected chi connectivity index (χ4v) is 1.67. The van der Waals surface area contributed by atoms with E-state index in [1.807, 2.05) is 0 Å². The van der Waals surface area contributed by atoms with Gasteiger partial charge in [-0.2, -0.15) is 16.8 Å². The summed E-state index contributed by atoms with van der Waals surface area (Å²) in [5.74, 6) is 0. The third kappa shape index (κ3) is 8.17. The maximum atomic E-state index is 9.75. The molecule has 0 aliphatic carbocycles. The van der Waals surface area contributed by atoms with E-state index < -0.39 is 19.5 Å². The van der Waals surface area contributed by atoms with Crippen LogP contribution in [-0.4, -0.2) is 21.4 Å². The third-order valence-electron chi connectivity index (χ3n) is 0.172. The Hall–Kier alpha value is 0.170. The summed E-state index contributed by atoms with van der Waals surface area (Å²) in [7, 11) is -9.37. The molecule has 0 rings (SSSR count). The fourth-order valence-electron chi connectivity index (χ4n) is 0.109. The highest BCUT2D eigenvalue weighted by Gasteiger charge is 2.14. The first-order valence-corrected chi connectivity index (χ1v) is 5.19. The van der Waals surface area contributed by atoms with Gasteiger partial charge in [-0.05, 0) is 11.7 Å². The summed E-state index contributed by atoms with van der Waals surface area (Å²) in [5.41, 5.74) is 0. The first-order chi connectivity index (χ1) is 3.71. The van der Waals surface area contributed by atoms with E-state index in [4.69, 9.17) is 4.55 Å². The van der Waals surface area contributed by atoms with Crippen molar-refractivity contribution in [3.63, 3.8) is 0 Å². The molecule has 0 amide bonds. The lowest BCUT2D eigenvalue weighted by Crippen LogP contribution is -2.06. The zero-order valence-corrected chi connectivity index (χ0v) is 6.28.